The molecule has 0 heterocycles. The zero-order valence-corrected chi connectivity index (χ0v) is 14.7. The van der Waals surface area contributed by atoms with Gasteiger partial charge in [0, 0.05) is 6.04 Å². The highest BCUT2D eigenvalue weighted by Crippen LogP contribution is 2.69. The summed E-state index contributed by atoms with van der Waals surface area (Å²) in [5.41, 5.74) is 0.841. The van der Waals surface area contributed by atoms with Crippen molar-refractivity contribution in [2.45, 2.75) is 91.0 Å². The van der Waals surface area contributed by atoms with Crippen molar-refractivity contribution in [2.75, 3.05) is 0 Å². The summed E-state index contributed by atoms with van der Waals surface area (Å²) in [5, 5.41) is 3.52. The van der Waals surface area contributed by atoms with Crippen LogP contribution in [0.3, 0.4) is 0 Å². The molecule has 2 nitrogen and oxygen atoms in total. The molecule has 5 saturated carbocycles. The number of hydrogen-bond acceptors (Lipinski definition) is 1. The van der Waals surface area contributed by atoms with Crippen LogP contribution in [-0.4, -0.2) is 11.9 Å². The largest absolute Gasteiger partial charge is 0.353 e. The Balaban J connectivity index is 1.55. The molecule has 1 N–H and O–H groups in total. The van der Waals surface area contributed by atoms with Crippen LogP contribution in [0.5, 0.6) is 0 Å². The second-order valence-electron chi connectivity index (χ2n) is 10.3. The van der Waals surface area contributed by atoms with Crippen LogP contribution in [0.2, 0.25) is 0 Å². The number of carbonyl (C=O) groups excluding carboxylic acids is 1. The van der Waals surface area contributed by atoms with Crippen LogP contribution in [0.25, 0.3) is 0 Å². The molecule has 2 heteroatoms. The van der Waals surface area contributed by atoms with E-state index >= 15 is 0 Å². The average Bonchev–Trinajstić information content (AvgIpc) is 2.37. The molecule has 0 spiro atoms. The lowest BCUT2D eigenvalue weighted by Crippen LogP contribution is -2.61. The quantitative estimate of drug-likeness (QED) is 0.788. The highest BCUT2D eigenvalue weighted by atomic mass is 16.2. The third-order valence-electron chi connectivity index (χ3n) is 7.54. The maximum Gasteiger partial charge on any atom is 0.226 e. The van der Waals surface area contributed by atoms with Crippen molar-refractivity contribution >= 4 is 5.91 Å². The van der Waals surface area contributed by atoms with Gasteiger partial charge in [0.2, 0.25) is 5.91 Å². The van der Waals surface area contributed by atoms with Crippen LogP contribution in [0, 0.1) is 28.1 Å². The van der Waals surface area contributed by atoms with Crippen LogP contribution in [0.4, 0.5) is 0 Å². The summed E-state index contributed by atoms with van der Waals surface area (Å²) < 4.78 is 0. The predicted octanol–water partition coefficient (Wildman–Crippen LogP) is 4.68. The first-order valence-corrected chi connectivity index (χ1v) is 9.63. The summed E-state index contributed by atoms with van der Waals surface area (Å²) in [6.45, 7) is 7.24. The highest BCUT2D eigenvalue weighted by molar-refractivity contribution is 5.83. The van der Waals surface area contributed by atoms with E-state index in [-0.39, 0.29) is 5.41 Å². The van der Waals surface area contributed by atoms with Gasteiger partial charge in [0.15, 0.2) is 0 Å². The van der Waals surface area contributed by atoms with Gasteiger partial charge >= 0.3 is 0 Å². The van der Waals surface area contributed by atoms with Gasteiger partial charge in [-0.15, -0.1) is 0 Å². The third kappa shape index (κ3) is 2.32. The maximum atomic E-state index is 13.3. The second kappa shape index (κ2) is 4.74. The van der Waals surface area contributed by atoms with Crippen LogP contribution in [-0.2, 0) is 4.79 Å². The molecule has 124 valence electrons. The first-order chi connectivity index (χ1) is 10.3. The first kappa shape index (κ1) is 15.0. The van der Waals surface area contributed by atoms with E-state index in [0.29, 0.717) is 28.7 Å². The number of nitrogens with one attached hydrogen (secondary N) is 1. The number of hydrogen-bond donors (Lipinski definition) is 1. The summed E-state index contributed by atoms with van der Waals surface area (Å²) in [6, 6.07) is 0.440. The molecule has 0 aromatic carbocycles. The molecule has 0 saturated heterocycles. The standard InChI is InChI=1S/C20H33NO/c1-14-6-4-5-7-16(14)21-17(22)20-10-15-8-18(2,12-20)11-19(3,9-15)13-20/h14-16H,4-13H2,1-3H3,(H,21,22)/t14-,15?,16+,18-,19+,20?/m0/s1. The normalized spacial score (nSPS) is 53.5. The molecule has 6 atom stereocenters. The minimum Gasteiger partial charge on any atom is -0.353 e. The van der Waals surface area contributed by atoms with E-state index in [1.165, 1.54) is 51.4 Å². The SMILES string of the molecule is C[C@H]1CCCC[C@H]1NC(=O)C12CC3C[C@@](C)(C1)C[C@](C)(C3)C2. The van der Waals surface area contributed by atoms with Gasteiger partial charge in [0.05, 0.1) is 5.41 Å². The van der Waals surface area contributed by atoms with Crippen molar-refractivity contribution < 1.29 is 4.79 Å². The summed E-state index contributed by atoms with van der Waals surface area (Å²) in [6.07, 6.45) is 12.7. The van der Waals surface area contributed by atoms with Crippen LogP contribution >= 0.6 is 0 Å². The maximum absolute atomic E-state index is 13.3. The highest BCUT2D eigenvalue weighted by Gasteiger charge is 2.62. The van der Waals surface area contributed by atoms with Gasteiger partial charge < -0.3 is 5.32 Å². The Hall–Kier alpha value is -0.530. The van der Waals surface area contributed by atoms with E-state index in [9.17, 15) is 4.79 Å². The molecular formula is C20H33NO. The zero-order valence-electron chi connectivity index (χ0n) is 14.7. The molecule has 2 unspecified atom stereocenters. The molecule has 0 aromatic rings. The van der Waals surface area contributed by atoms with Gasteiger partial charge in [-0.25, -0.2) is 0 Å². The number of carbonyl (C=O) groups is 1. The molecule has 4 bridgehead atoms. The van der Waals surface area contributed by atoms with E-state index in [0.717, 1.165) is 18.8 Å². The molecular weight excluding hydrogens is 270 g/mol. The summed E-state index contributed by atoms with van der Waals surface area (Å²) in [5.74, 6) is 1.89. The molecule has 22 heavy (non-hydrogen) atoms. The topological polar surface area (TPSA) is 29.1 Å². The Morgan fingerprint density at radius 2 is 1.59 bits per heavy atom. The fourth-order valence-electron chi connectivity index (χ4n) is 7.55. The van der Waals surface area contributed by atoms with Crippen LogP contribution in [0.1, 0.15) is 85.0 Å². The van der Waals surface area contributed by atoms with E-state index < -0.39 is 0 Å². The molecule has 5 rings (SSSR count). The van der Waals surface area contributed by atoms with Crippen molar-refractivity contribution in [1.82, 2.24) is 5.32 Å². The van der Waals surface area contributed by atoms with Crippen LogP contribution in [0.15, 0.2) is 0 Å². The minimum atomic E-state index is -0.0277. The molecule has 1 amide bonds. The predicted molar refractivity (Wildman–Crippen MR) is 89.4 cm³/mol. The van der Waals surface area contributed by atoms with Gasteiger partial charge in [-0.05, 0) is 74.0 Å². The molecule has 0 aliphatic heterocycles. The zero-order chi connectivity index (χ0) is 15.6. The lowest BCUT2D eigenvalue weighted by atomic mass is 9.40. The Kier molecular flexibility index (Phi) is 3.24. The van der Waals surface area contributed by atoms with E-state index in [4.69, 9.17) is 0 Å². The van der Waals surface area contributed by atoms with Crippen molar-refractivity contribution in [3.05, 3.63) is 0 Å². The molecule has 5 aliphatic rings. The minimum absolute atomic E-state index is 0.0277. The average molecular weight is 303 g/mol. The fourth-order valence-corrected chi connectivity index (χ4v) is 7.55. The van der Waals surface area contributed by atoms with Crippen molar-refractivity contribution in [2.24, 2.45) is 28.1 Å². The monoisotopic (exact) mass is 303 g/mol. The third-order valence-corrected chi connectivity index (χ3v) is 7.54. The number of rotatable bonds is 2. The summed E-state index contributed by atoms with van der Waals surface area (Å²) >= 11 is 0. The van der Waals surface area contributed by atoms with Crippen LogP contribution < -0.4 is 5.32 Å². The molecule has 5 fully saturated rings. The Bertz CT molecular complexity index is 466. The van der Waals surface area contributed by atoms with Gasteiger partial charge in [-0.3, -0.25) is 4.79 Å². The van der Waals surface area contributed by atoms with Crippen molar-refractivity contribution in [3.8, 4) is 0 Å². The second-order valence-corrected chi connectivity index (χ2v) is 10.3. The summed E-state index contributed by atoms with van der Waals surface area (Å²) in [7, 11) is 0. The van der Waals surface area contributed by atoms with Crippen molar-refractivity contribution in [1.29, 1.82) is 0 Å². The molecule has 5 aliphatic carbocycles. The lowest BCUT2D eigenvalue weighted by Gasteiger charge is -2.64. The first-order valence-electron chi connectivity index (χ1n) is 9.63. The Labute approximate surface area is 135 Å². The summed E-state index contributed by atoms with van der Waals surface area (Å²) in [4.78, 5) is 13.3. The van der Waals surface area contributed by atoms with Gasteiger partial charge in [-0.1, -0.05) is 33.6 Å². The van der Waals surface area contributed by atoms with Crippen molar-refractivity contribution in [3.63, 3.8) is 0 Å². The van der Waals surface area contributed by atoms with E-state index in [2.05, 4.69) is 26.1 Å². The van der Waals surface area contributed by atoms with Gasteiger partial charge in [0.1, 0.15) is 0 Å². The van der Waals surface area contributed by atoms with E-state index in [1.807, 2.05) is 0 Å². The Morgan fingerprint density at radius 3 is 2.18 bits per heavy atom. The number of amides is 1. The smallest absolute Gasteiger partial charge is 0.226 e. The fraction of sp³-hybridized carbons (Fsp3) is 0.950. The molecule has 0 radical (unpaired) electrons. The lowest BCUT2D eigenvalue weighted by molar-refractivity contribution is -0.171. The van der Waals surface area contributed by atoms with Gasteiger partial charge in [-0.2, -0.15) is 0 Å². The van der Waals surface area contributed by atoms with Gasteiger partial charge in [0.25, 0.3) is 0 Å². The van der Waals surface area contributed by atoms with E-state index in [1.54, 1.807) is 0 Å². The molecule has 0 aromatic heterocycles. The Morgan fingerprint density at radius 1 is 0.955 bits per heavy atom.